The second kappa shape index (κ2) is 4.25. The summed E-state index contributed by atoms with van der Waals surface area (Å²) in [7, 11) is -2.07. The SMILES string of the molecule is COC(=O)c1cc(C)c(C)c(S(C)(=O)=O)c1. The first kappa shape index (κ1) is 12.7. The molecule has 0 saturated carbocycles. The predicted molar refractivity (Wildman–Crippen MR) is 60.4 cm³/mol. The Kier molecular flexibility index (Phi) is 3.38. The van der Waals surface area contributed by atoms with Gasteiger partial charge in [0.2, 0.25) is 0 Å². The minimum absolute atomic E-state index is 0.174. The fraction of sp³-hybridized carbons (Fsp3) is 0.364. The Morgan fingerprint density at radius 2 is 1.81 bits per heavy atom. The van der Waals surface area contributed by atoms with Gasteiger partial charge in [0.1, 0.15) is 0 Å². The van der Waals surface area contributed by atoms with Crippen molar-refractivity contribution in [1.29, 1.82) is 0 Å². The Morgan fingerprint density at radius 3 is 2.25 bits per heavy atom. The Balaban J connectivity index is 3.52. The van der Waals surface area contributed by atoms with Gasteiger partial charge in [0.05, 0.1) is 17.6 Å². The second-order valence-corrected chi connectivity index (χ2v) is 5.66. The van der Waals surface area contributed by atoms with Crippen LogP contribution in [-0.2, 0) is 14.6 Å². The fourth-order valence-electron chi connectivity index (χ4n) is 1.45. The zero-order chi connectivity index (χ0) is 12.5. The smallest absolute Gasteiger partial charge is 0.337 e. The number of benzene rings is 1. The molecule has 0 radical (unpaired) electrons. The number of carbonyl (C=O) groups excluding carboxylic acids is 1. The van der Waals surface area contributed by atoms with Crippen molar-refractivity contribution >= 4 is 15.8 Å². The van der Waals surface area contributed by atoms with Gasteiger partial charge in [-0.25, -0.2) is 13.2 Å². The molecule has 1 rings (SSSR count). The van der Waals surface area contributed by atoms with Gasteiger partial charge in [-0.3, -0.25) is 0 Å². The number of aryl methyl sites for hydroxylation is 1. The zero-order valence-electron chi connectivity index (χ0n) is 9.70. The van der Waals surface area contributed by atoms with Gasteiger partial charge in [-0.2, -0.15) is 0 Å². The first-order valence-electron chi connectivity index (χ1n) is 4.67. The monoisotopic (exact) mass is 242 g/mol. The van der Waals surface area contributed by atoms with Crippen LogP contribution in [0, 0.1) is 13.8 Å². The number of methoxy groups -OCH3 is 1. The van der Waals surface area contributed by atoms with E-state index in [1.165, 1.54) is 13.2 Å². The third kappa shape index (κ3) is 2.41. The van der Waals surface area contributed by atoms with Crippen molar-refractivity contribution in [2.45, 2.75) is 18.7 Å². The standard InChI is InChI=1S/C11H14O4S/c1-7-5-9(11(12)15-3)6-10(8(7)2)16(4,13)14/h5-6H,1-4H3. The van der Waals surface area contributed by atoms with Crippen molar-refractivity contribution in [3.63, 3.8) is 0 Å². The van der Waals surface area contributed by atoms with E-state index in [9.17, 15) is 13.2 Å². The fourth-order valence-corrected chi connectivity index (χ4v) is 2.51. The van der Waals surface area contributed by atoms with Gasteiger partial charge in [-0.05, 0) is 37.1 Å². The summed E-state index contributed by atoms with van der Waals surface area (Å²) >= 11 is 0. The number of esters is 1. The maximum atomic E-state index is 11.5. The molecule has 1 aromatic carbocycles. The van der Waals surface area contributed by atoms with E-state index >= 15 is 0 Å². The molecule has 0 bridgehead atoms. The number of hydrogen-bond acceptors (Lipinski definition) is 4. The zero-order valence-corrected chi connectivity index (χ0v) is 10.5. The van der Waals surface area contributed by atoms with Crippen LogP contribution in [-0.4, -0.2) is 27.8 Å². The summed E-state index contributed by atoms with van der Waals surface area (Å²) in [5, 5.41) is 0. The molecule has 0 saturated heterocycles. The molecule has 0 aliphatic heterocycles. The average molecular weight is 242 g/mol. The van der Waals surface area contributed by atoms with Crippen molar-refractivity contribution in [1.82, 2.24) is 0 Å². The summed E-state index contributed by atoms with van der Waals surface area (Å²) in [6.45, 7) is 3.48. The van der Waals surface area contributed by atoms with Crippen LogP contribution >= 0.6 is 0 Å². The molecule has 4 nitrogen and oxygen atoms in total. The van der Waals surface area contributed by atoms with Crippen molar-refractivity contribution < 1.29 is 17.9 Å². The van der Waals surface area contributed by atoms with E-state index in [4.69, 9.17) is 0 Å². The van der Waals surface area contributed by atoms with E-state index in [0.717, 1.165) is 11.8 Å². The Bertz CT molecular complexity index is 529. The van der Waals surface area contributed by atoms with Gasteiger partial charge in [0, 0.05) is 6.26 Å². The normalized spacial score (nSPS) is 11.2. The van der Waals surface area contributed by atoms with E-state index in [0.29, 0.717) is 5.56 Å². The van der Waals surface area contributed by atoms with E-state index in [1.54, 1.807) is 19.9 Å². The average Bonchev–Trinajstić information content (AvgIpc) is 2.18. The molecule has 5 heteroatoms. The van der Waals surface area contributed by atoms with Crippen LogP contribution in [0.4, 0.5) is 0 Å². The van der Waals surface area contributed by atoms with Gasteiger partial charge in [0.15, 0.2) is 9.84 Å². The summed E-state index contributed by atoms with van der Waals surface area (Å²) in [6, 6.07) is 2.97. The van der Waals surface area contributed by atoms with E-state index in [-0.39, 0.29) is 10.5 Å². The van der Waals surface area contributed by atoms with Gasteiger partial charge in [-0.15, -0.1) is 0 Å². The first-order valence-corrected chi connectivity index (χ1v) is 6.56. The van der Waals surface area contributed by atoms with Gasteiger partial charge in [-0.1, -0.05) is 0 Å². The van der Waals surface area contributed by atoms with Crippen LogP contribution in [0.1, 0.15) is 21.5 Å². The largest absolute Gasteiger partial charge is 0.465 e. The summed E-state index contributed by atoms with van der Waals surface area (Å²) in [4.78, 5) is 11.5. The van der Waals surface area contributed by atoms with Crippen LogP contribution in [0.5, 0.6) is 0 Å². The minimum atomic E-state index is -3.33. The maximum absolute atomic E-state index is 11.5. The summed E-state index contributed by atoms with van der Waals surface area (Å²) in [5.74, 6) is -0.534. The molecule has 0 aliphatic carbocycles. The van der Waals surface area contributed by atoms with Gasteiger partial charge in [0.25, 0.3) is 0 Å². The quantitative estimate of drug-likeness (QED) is 0.737. The molecule has 0 atom stereocenters. The summed E-state index contributed by atoms with van der Waals surface area (Å²) in [6.07, 6.45) is 1.12. The molecule has 0 aliphatic rings. The Labute approximate surface area is 95.2 Å². The molecule has 1 aromatic rings. The molecule has 0 amide bonds. The predicted octanol–water partition coefficient (Wildman–Crippen LogP) is 1.49. The number of ether oxygens (including phenoxy) is 1. The molecular weight excluding hydrogens is 228 g/mol. The van der Waals surface area contributed by atoms with E-state index < -0.39 is 15.8 Å². The third-order valence-corrected chi connectivity index (χ3v) is 3.66. The van der Waals surface area contributed by atoms with E-state index in [2.05, 4.69) is 4.74 Å². The molecular formula is C11H14O4S. The summed E-state index contributed by atoms with van der Waals surface area (Å²) in [5.41, 5.74) is 1.67. The molecule has 0 aromatic heterocycles. The molecule has 0 heterocycles. The summed E-state index contributed by atoms with van der Waals surface area (Å²) < 4.78 is 27.6. The van der Waals surface area contributed by atoms with E-state index in [1.807, 2.05) is 0 Å². The van der Waals surface area contributed by atoms with Crippen molar-refractivity contribution in [2.75, 3.05) is 13.4 Å². The van der Waals surface area contributed by atoms with Crippen LogP contribution < -0.4 is 0 Å². The first-order chi connectivity index (χ1) is 7.27. The highest BCUT2D eigenvalue weighted by Gasteiger charge is 2.16. The minimum Gasteiger partial charge on any atom is -0.465 e. The lowest BCUT2D eigenvalue weighted by Crippen LogP contribution is -2.07. The maximum Gasteiger partial charge on any atom is 0.337 e. The number of hydrogen-bond donors (Lipinski definition) is 0. The topological polar surface area (TPSA) is 60.4 Å². The Hall–Kier alpha value is -1.36. The molecule has 0 unspecified atom stereocenters. The van der Waals surface area contributed by atoms with Crippen LogP contribution in [0.15, 0.2) is 17.0 Å². The van der Waals surface area contributed by atoms with Crippen molar-refractivity contribution in [2.24, 2.45) is 0 Å². The lowest BCUT2D eigenvalue weighted by Gasteiger charge is -2.09. The van der Waals surface area contributed by atoms with Crippen molar-refractivity contribution in [3.8, 4) is 0 Å². The number of rotatable bonds is 2. The third-order valence-electron chi connectivity index (χ3n) is 2.44. The van der Waals surface area contributed by atoms with Crippen LogP contribution in [0.25, 0.3) is 0 Å². The number of carbonyl (C=O) groups is 1. The highest BCUT2D eigenvalue weighted by atomic mass is 32.2. The lowest BCUT2D eigenvalue weighted by atomic mass is 10.1. The second-order valence-electron chi connectivity index (χ2n) is 3.68. The Morgan fingerprint density at radius 1 is 1.25 bits per heavy atom. The van der Waals surface area contributed by atoms with Crippen LogP contribution in [0.2, 0.25) is 0 Å². The van der Waals surface area contributed by atoms with Crippen molar-refractivity contribution in [3.05, 3.63) is 28.8 Å². The molecule has 0 N–H and O–H groups in total. The molecule has 88 valence electrons. The number of sulfone groups is 1. The molecule has 16 heavy (non-hydrogen) atoms. The lowest BCUT2D eigenvalue weighted by molar-refractivity contribution is 0.0600. The van der Waals surface area contributed by atoms with Gasteiger partial charge >= 0.3 is 5.97 Å². The van der Waals surface area contributed by atoms with Crippen LogP contribution in [0.3, 0.4) is 0 Å². The van der Waals surface area contributed by atoms with Gasteiger partial charge < -0.3 is 4.74 Å². The highest BCUT2D eigenvalue weighted by molar-refractivity contribution is 7.90. The molecule has 0 fully saturated rings. The highest BCUT2D eigenvalue weighted by Crippen LogP contribution is 2.21. The molecule has 0 spiro atoms.